The van der Waals surface area contributed by atoms with Crippen molar-refractivity contribution in [2.75, 3.05) is 0 Å². The summed E-state index contributed by atoms with van der Waals surface area (Å²) in [7, 11) is 0. The van der Waals surface area contributed by atoms with Gasteiger partial charge in [0, 0.05) is 17.0 Å². The highest BCUT2D eigenvalue weighted by Gasteiger charge is 2.58. The first-order chi connectivity index (χ1) is 16.7. The monoisotopic (exact) mass is 502 g/mol. The lowest BCUT2D eigenvalue weighted by Crippen LogP contribution is -2.50. The molecule has 0 amide bonds. The fraction of sp³-hybridized carbons (Fsp3) is 0.844. The largest absolute Gasteiger partial charge is 0.459 e. The van der Waals surface area contributed by atoms with Crippen molar-refractivity contribution in [3.8, 4) is 0 Å². The molecule has 0 aromatic rings. The summed E-state index contributed by atoms with van der Waals surface area (Å²) in [6.45, 7) is 11.1. The molecule has 4 aliphatic rings. The third-order valence-electron chi connectivity index (χ3n) is 11.3. The number of hydrogen-bond acceptors (Lipinski definition) is 2. The summed E-state index contributed by atoms with van der Waals surface area (Å²) in [5, 5.41) is 0.534. The summed E-state index contributed by atoms with van der Waals surface area (Å²) >= 11 is 6.04. The molecule has 0 heterocycles. The predicted molar refractivity (Wildman–Crippen MR) is 147 cm³/mol. The van der Waals surface area contributed by atoms with Gasteiger partial charge in [-0.15, -0.1) is 0 Å². The zero-order valence-electron chi connectivity index (χ0n) is 23.3. The fourth-order valence-corrected chi connectivity index (χ4v) is 8.94. The Morgan fingerprint density at radius 3 is 2.49 bits per heavy atom. The number of carbonyl (C=O) groups excluding carboxylic acids is 1. The van der Waals surface area contributed by atoms with Crippen LogP contribution in [0.25, 0.3) is 0 Å². The van der Waals surface area contributed by atoms with Gasteiger partial charge >= 0.3 is 5.97 Å². The van der Waals surface area contributed by atoms with E-state index in [1.807, 2.05) is 0 Å². The molecule has 4 unspecified atom stereocenters. The zero-order valence-corrected chi connectivity index (χ0v) is 24.0. The second kappa shape index (κ2) is 11.3. The lowest BCUT2D eigenvalue weighted by Gasteiger charge is -2.58. The Morgan fingerprint density at radius 2 is 1.74 bits per heavy atom. The molecule has 2 nitrogen and oxygen atoms in total. The highest BCUT2D eigenvalue weighted by molar-refractivity contribution is 6.31. The molecule has 0 spiro atoms. The van der Waals surface area contributed by atoms with Crippen molar-refractivity contribution in [1.82, 2.24) is 0 Å². The van der Waals surface area contributed by atoms with Crippen molar-refractivity contribution in [3.05, 3.63) is 22.3 Å². The lowest BCUT2D eigenvalue weighted by atomic mass is 9.47. The first-order valence-electron chi connectivity index (χ1n) is 14.9. The normalized spacial score (nSPS) is 39.1. The minimum atomic E-state index is -0.240. The van der Waals surface area contributed by atoms with Gasteiger partial charge < -0.3 is 4.74 Å². The second-order valence-electron chi connectivity index (χ2n) is 13.1. The maximum Gasteiger partial charge on any atom is 0.335 e. The molecule has 0 aromatic heterocycles. The van der Waals surface area contributed by atoms with Gasteiger partial charge in [0.05, 0.1) is 0 Å². The quantitative estimate of drug-likeness (QED) is 0.136. The molecule has 4 rings (SSSR count). The number of unbranched alkanes of at least 4 members (excludes halogenated alkanes) is 5. The van der Waals surface area contributed by atoms with Crippen molar-refractivity contribution in [2.45, 2.75) is 137 Å². The molecule has 0 radical (unpaired) electrons. The van der Waals surface area contributed by atoms with Crippen molar-refractivity contribution < 1.29 is 9.53 Å². The molecule has 3 fully saturated rings. The zero-order chi connectivity index (χ0) is 25.2. The van der Waals surface area contributed by atoms with Crippen molar-refractivity contribution in [2.24, 2.45) is 34.5 Å². The summed E-state index contributed by atoms with van der Waals surface area (Å²) in [6.07, 6.45) is 22.7. The van der Waals surface area contributed by atoms with Crippen LogP contribution in [0, 0.1) is 34.5 Å². The molecule has 3 saturated carbocycles. The third kappa shape index (κ3) is 5.44. The third-order valence-corrected chi connectivity index (χ3v) is 11.5. The minimum Gasteiger partial charge on any atom is -0.459 e. The van der Waals surface area contributed by atoms with Crippen LogP contribution in [0.15, 0.2) is 22.3 Å². The van der Waals surface area contributed by atoms with E-state index < -0.39 is 0 Å². The highest BCUT2D eigenvalue weighted by atomic mass is 35.5. The van der Waals surface area contributed by atoms with Crippen LogP contribution in [-0.4, -0.2) is 12.1 Å². The van der Waals surface area contributed by atoms with E-state index in [1.165, 1.54) is 77.0 Å². The SMILES string of the molecule is CCCCCCCCC1CCC2C3CC=C4C[C@@H](OC(=O)C(C)=C(C)Cl)CC[C@]4(C)C3CC[C@]12C. The van der Waals surface area contributed by atoms with Gasteiger partial charge in [0.1, 0.15) is 6.10 Å². The van der Waals surface area contributed by atoms with E-state index in [9.17, 15) is 4.79 Å². The molecule has 7 atom stereocenters. The van der Waals surface area contributed by atoms with Gasteiger partial charge in [-0.25, -0.2) is 4.79 Å². The van der Waals surface area contributed by atoms with E-state index in [0.717, 1.165) is 42.9 Å². The topological polar surface area (TPSA) is 26.3 Å². The Labute approximate surface area is 220 Å². The maximum absolute atomic E-state index is 12.5. The molecule has 0 aliphatic heterocycles. The number of esters is 1. The Kier molecular flexibility index (Phi) is 8.82. The van der Waals surface area contributed by atoms with E-state index in [1.54, 1.807) is 19.4 Å². The summed E-state index contributed by atoms with van der Waals surface area (Å²) in [6, 6.07) is 0. The van der Waals surface area contributed by atoms with Crippen LogP contribution in [0.4, 0.5) is 0 Å². The van der Waals surface area contributed by atoms with Crippen LogP contribution in [0.2, 0.25) is 0 Å². The molecular formula is C32H51ClO2. The summed E-state index contributed by atoms with van der Waals surface area (Å²) in [5.41, 5.74) is 3.00. The molecule has 35 heavy (non-hydrogen) atoms. The van der Waals surface area contributed by atoms with E-state index in [0.29, 0.717) is 21.4 Å². The van der Waals surface area contributed by atoms with E-state index in [2.05, 4.69) is 26.8 Å². The molecule has 4 aliphatic carbocycles. The van der Waals surface area contributed by atoms with Crippen LogP contribution in [-0.2, 0) is 9.53 Å². The maximum atomic E-state index is 12.5. The van der Waals surface area contributed by atoms with Crippen molar-refractivity contribution in [3.63, 3.8) is 0 Å². The molecule has 0 saturated heterocycles. The van der Waals surface area contributed by atoms with E-state index in [4.69, 9.17) is 16.3 Å². The summed E-state index contributed by atoms with van der Waals surface area (Å²) in [5.74, 6) is 3.30. The van der Waals surface area contributed by atoms with Crippen LogP contribution >= 0.6 is 11.6 Å². The van der Waals surface area contributed by atoms with Gasteiger partial charge in [-0.2, -0.15) is 0 Å². The number of carbonyl (C=O) groups is 1. The summed E-state index contributed by atoms with van der Waals surface area (Å²) < 4.78 is 5.89. The summed E-state index contributed by atoms with van der Waals surface area (Å²) in [4.78, 5) is 12.5. The Balaban J connectivity index is 1.38. The Bertz CT molecular complexity index is 823. The number of hydrogen-bond donors (Lipinski definition) is 0. The van der Waals surface area contributed by atoms with Gasteiger partial charge in [-0.05, 0) is 99.7 Å². The van der Waals surface area contributed by atoms with Gasteiger partial charge in [-0.3, -0.25) is 0 Å². The average Bonchev–Trinajstić information content (AvgIpc) is 3.17. The first kappa shape index (κ1) is 27.3. The molecular weight excluding hydrogens is 452 g/mol. The van der Waals surface area contributed by atoms with Crippen LogP contribution in [0.5, 0.6) is 0 Å². The smallest absolute Gasteiger partial charge is 0.335 e. The van der Waals surface area contributed by atoms with E-state index in [-0.39, 0.29) is 12.1 Å². The van der Waals surface area contributed by atoms with Crippen LogP contribution in [0.1, 0.15) is 131 Å². The molecule has 0 bridgehead atoms. The number of fused-ring (bicyclic) bond motifs is 5. The molecule has 198 valence electrons. The fourth-order valence-electron chi connectivity index (χ4n) is 8.86. The van der Waals surface area contributed by atoms with Crippen LogP contribution < -0.4 is 0 Å². The number of rotatable bonds is 9. The molecule has 0 N–H and O–H groups in total. The van der Waals surface area contributed by atoms with Gasteiger partial charge in [0.15, 0.2) is 0 Å². The number of halogens is 1. The lowest BCUT2D eigenvalue weighted by molar-refractivity contribution is -0.146. The standard InChI is InChI=1S/C32H51ClO2/c1-6-7-8-9-10-11-12-24-14-16-28-27-15-13-25-21-26(35-30(34)22(2)23(3)33)17-19-32(25,5)29(27)18-20-31(24,28)4/h13,24,26-29H,6-12,14-21H2,1-5H3/t24?,26-,27?,28?,29?,31+,32-/m0/s1. The number of ether oxygens (including phenoxy) is 1. The van der Waals surface area contributed by atoms with Crippen molar-refractivity contribution in [1.29, 1.82) is 0 Å². The minimum absolute atomic E-state index is 0.00591. The van der Waals surface area contributed by atoms with Gasteiger partial charge in [0.25, 0.3) is 0 Å². The second-order valence-corrected chi connectivity index (χ2v) is 13.6. The number of allylic oxidation sites excluding steroid dienone is 2. The predicted octanol–water partition coefficient (Wildman–Crippen LogP) is 9.76. The van der Waals surface area contributed by atoms with E-state index >= 15 is 0 Å². The Morgan fingerprint density at radius 1 is 1.00 bits per heavy atom. The Hall–Kier alpha value is -0.760. The van der Waals surface area contributed by atoms with Crippen LogP contribution in [0.3, 0.4) is 0 Å². The highest BCUT2D eigenvalue weighted by Crippen LogP contribution is 2.66. The average molecular weight is 503 g/mol. The molecule has 3 heteroatoms. The van der Waals surface area contributed by atoms with Gasteiger partial charge in [-0.1, -0.05) is 82.5 Å². The molecule has 0 aromatic carbocycles. The van der Waals surface area contributed by atoms with Crippen molar-refractivity contribution >= 4 is 17.6 Å². The van der Waals surface area contributed by atoms with Gasteiger partial charge in [0.2, 0.25) is 0 Å². The first-order valence-corrected chi connectivity index (χ1v) is 15.3.